The van der Waals surface area contributed by atoms with Crippen LogP contribution in [0.25, 0.3) is 0 Å². The molecule has 0 heterocycles. The number of carbonyl (C=O) groups is 2. The highest BCUT2D eigenvalue weighted by atomic mass is 16.4. The second-order valence-electron chi connectivity index (χ2n) is 8.58. The van der Waals surface area contributed by atoms with Crippen LogP contribution in [-0.4, -0.2) is 22.2 Å². The smallest absolute Gasteiger partial charge is 0.309 e. The third-order valence-corrected chi connectivity index (χ3v) is 6.02. The molecule has 0 aromatic carbocycles. The molecule has 0 amide bonds. The van der Waals surface area contributed by atoms with Gasteiger partial charge in [0.15, 0.2) is 0 Å². The van der Waals surface area contributed by atoms with Crippen LogP contribution in [0.15, 0.2) is 0 Å². The molecular formula is C24H46O4. The van der Waals surface area contributed by atoms with E-state index in [4.69, 9.17) is 5.11 Å². The summed E-state index contributed by atoms with van der Waals surface area (Å²) in [5, 5.41) is 18.4. The maximum Gasteiger partial charge on any atom is 0.309 e. The highest BCUT2D eigenvalue weighted by molar-refractivity contribution is 5.74. The van der Waals surface area contributed by atoms with Gasteiger partial charge in [-0.05, 0) is 25.7 Å². The lowest BCUT2D eigenvalue weighted by atomic mass is 9.74. The summed E-state index contributed by atoms with van der Waals surface area (Å²) in [6.45, 7) is 4.28. The summed E-state index contributed by atoms with van der Waals surface area (Å²) in [6, 6.07) is 0. The molecule has 0 radical (unpaired) electrons. The fourth-order valence-electron chi connectivity index (χ4n) is 4.06. The first-order valence-corrected chi connectivity index (χ1v) is 11.9. The minimum Gasteiger partial charge on any atom is -0.481 e. The van der Waals surface area contributed by atoms with Gasteiger partial charge in [0.25, 0.3) is 0 Å². The minimum absolute atomic E-state index is 0.306. The second kappa shape index (κ2) is 18.0. The third-order valence-electron chi connectivity index (χ3n) is 6.02. The summed E-state index contributed by atoms with van der Waals surface area (Å²) in [5.41, 5.74) is -0.480. The SMILES string of the molecule is CCCCC(CCCC)(CCCCCCCCCCCCCC(=O)O)C(=O)O. The average molecular weight is 399 g/mol. The van der Waals surface area contributed by atoms with Gasteiger partial charge in [-0.3, -0.25) is 9.59 Å². The fourth-order valence-corrected chi connectivity index (χ4v) is 4.06. The Bertz CT molecular complexity index is 384. The molecule has 0 aromatic rings. The van der Waals surface area contributed by atoms with Crippen molar-refractivity contribution in [1.29, 1.82) is 0 Å². The standard InChI is InChI=1S/C24H46O4/c1-3-5-19-24(23(27)28,20-6-4-2)21-17-15-13-11-9-7-8-10-12-14-16-18-22(25)26/h3-21H2,1-2H3,(H,25,26)(H,27,28). The Morgan fingerprint density at radius 1 is 0.571 bits per heavy atom. The minimum atomic E-state index is -0.684. The van der Waals surface area contributed by atoms with Crippen molar-refractivity contribution in [1.82, 2.24) is 0 Å². The second-order valence-corrected chi connectivity index (χ2v) is 8.58. The maximum atomic E-state index is 12.0. The van der Waals surface area contributed by atoms with Crippen molar-refractivity contribution in [2.75, 3.05) is 0 Å². The predicted octanol–water partition coefficient (Wildman–Crippen LogP) is 7.59. The van der Waals surface area contributed by atoms with Gasteiger partial charge in [0.05, 0.1) is 5.41 Å². The molecule has 0 unspecified atom stereocenters. The lowest BCUT2D eigenvalue weighted by Gasteiger charge is -2.29. The molecule has 166 valence electrons. The zero-order chi connectivity index (χ0) is 21.1. The van der Waals surface area contributed by atoms with Gasteiger partial charge in [0.2, 0.25) is 0 Å². The van der Waals surface area contributed by atoms with Crippen molar-refractivity contribution < 1.29 is 19.8 Å². The molecule has 2 N–H and O–H groups in total. The van der Waals surface area contributed by atoms with Gasteiger partial charge in [-0.25, -0.2) is 0 Å². The Hall–Kier alpha value is -1.06. The molecule has 0 bridgehead atoms. The normalized spacial score (nSPS) is 11.6. The van der Waals surface area contributed by atoms with Crippen LogP contribution in [0.2, 0.25) is 0 Å². The molecule has 0 aliphatic carbocycles. The lowest BCUT2D eigenvalue weighted by Crippen LogP contribution is -2.31. The van der Waals surface area contributed by atoms with E-state index in [0.717, 1.165) is 77.0 Å². The summed E-state index contributed by atoms with van der Waals surface area (Å²) in [5.74, 6) is -1.26. The number of hydrogen-bond donors (Lipinski definition) is 2. The van der Waals surface area contributed by atoms with E-state index in [1.807, 2.05) is 0 Å². The first-order valence-electron chi connectivity index (χ1n) is 11.9. The van der Waals surface area contributed by atoms with E-state index >= 15 is 0 Å². The summed E-state index contributed by atoms with van der Waals surface area (Å²) >= 11 is 0. The van der Waals surface area contributed by atoms with Gasteiger partial charge < -0.3 is 10.2 Å². The van der Waals surface area contributed by atoms with E-state index in [0.29, 0.717) is 6.42 Å². The highest BCUT2D eigenvalue weighted by Crippen LogP contribution is 2.37. The van der Waals surface area contributed by atoms with Crippen molar-refractivity contribution in [3.8, 4) is 0 Å². The van der Waals surface area contributed by atoms with Gasteiger partial charge >= 0.3 is 11.9 Å². The van der Waals surface area contributed by atoms with E-state index in [-0.39, 0.29) is 0 Å². The number of aliphatic carboxylic acids is 2. The Labute approximate surface area is 173 Å². The van der Waals surface area contributed by atoms with Gasteiger partial charge in [-0.2, -0.15) is 0 Å². The van der Waals surface area contributed by atoms with Crippen LogP contribution in [0.3, 0.4) is 0 Å². The first kappa shape index (κ1) is 26.9. The number of carboxylic acids is 2. The van der Waals surface area contributed by atoms with Crippen LogP contribution < -0.4 is 0 Å². The number of hydrogen-bond acceptors (Lipinski definition) is 2. The van der Waals surface area contributed by atoms with Crippen molar-refractivity contribution in [2.45, 2.75) is 136 Å². The molecule has 0 spiro atoms. The summed E-state index contributed by atoms with van der Waals surface area (Å²) < 4.78 is 0. The Morgan fingerprint density at radius 3 is 1.29 bits per heavy atom. The van der Waals surface area contributed by atoms with Crippen molar-refractivity contribution in [3.63, 3.8) is 0 Å². The van der Waals surface area contributed by atoms with Crippen LogP contribution in [0, 0.1) is 5.41 Å². The molecule has 4 nitrogen and oxygen atoms in total. The molecule has 28 heavy (non-hydrogen) atoms. The van der Waals surface area contributed by atoms with E-state index < -0.39 is 17.4 Å². The molecule has 0 atom stereocenters. The molecule has 0 fully saturated rings. The van der Waals surface area contributed by atoms with Crippen molar-refractivity contribution in [3.05, 3.63) is 0 Å². The van der Waals surface area contributed by atoms with Crippen LogP contribution in [0.5, 0.6) is 0 Å². The molecule has 0 aliphatic rings. The summed E-state index contributed by atoms with van der Waals surface area (Å²) in [7, 11) is 0. The summed E-state index contributed by atoms with van der Waals surface area (Å²) in [6.07, 6.45) is 19.7. The zero-order valence-electron chi connectivity index (χ0n) is 18.6. The monoisotopic (exact) mass is 398 g/mol. The van der Waals surface area contributed by atoms with Crippen molar-refractivity contribution >= 4 is 11.9 Å². The molecular weight excluding hydrogens is 352 g/mol. The number of unbranched alkanes of at least 4 members (excludes halogenated alkanes) is 12. The number of carboxylic acid groups (broad SMARTS) is 2. The van der Waals surface area contributed by atoms with Crippen LogP contribution >= 0.6 is 0 Å². The predicted molar refractivity (Wildman–Crippen MR) is 117 cm³/mol. The van der Waals surface area contributed by atoms with Crippen LogP contribution in [0.4, 0.5) is 0 Å². The lowest BCUT2D eigenvalue weighted by molar-refractivity contribution is -0.150. The highest BCUT2D eigenvalue weighted by Gasteiger charge is 2.36. The largest absolute Gasteiger partial charge is 0.481 e. The Morgan fingerprint density at radius 2 is 0.929 bits per heavy atom. The van der Waals surface area contributed by atoms with E-state index in [1.54, 1.807) is 0 Å². The van der Waals surface area contributed by atoms with Crippen LogP contribution in [0.1, 0.15) is 136 Å². The van der Waals surface area contributed by atoms with Gasteiger partial charge in [0, 0.05) is 6.42 Å². The molecule has 0 saturated carbocycles. The Balaban J connectivity index is 3.78. The fraction of sp³-hybridized carbons (Fsp3) is 0.917. The zero-order valence-corrected chi connectivity index (χ0v) is 18.6. The van der Waals surface area contributed by atoms with Gasteiger partial charge in [0.1, 0.15) is 0 Å². The molecule has 0 aliphatic heterocycles. The maximum absolute atomic E-state index is 12.0. The summed E-state index contributed by atoms with van der Waals surface area (Å²) in [4.78, 5) is 22.4. The first-order chi connectivity index (χ1) is 13.5. The quantitative estimate of drug-likeness (QED) is 0.195. The number of rotatable bonds is 21. The van der Waals surface area contributed by atoms with Crippen LogP contribution in [-0.2, 0) is 9.59 Å². The molecule has 0 aromatic heterocycles. The third kappa shape index (κ3) is 14.0. The molecule has 4 heteroatoms. The molecule has 0 saturated heterocycles. The topological polar surface area (TPSA) is 74.6 Å². The van der Waals surface area contributed by atoms with Gasteiger partial charge in [-0.15, -0.1) is 0 Å². The van der Waals surface area contributed by atoms with E-state index in [2.05, 4.69) is 13.8 Å². The van der Waals surface area contributed by atoms with Crippen molar-refractivity contribution in [2.24, 2.45) is 5.41 Å². The Kier molecular flexibility index (Phi) is 17.3. The molecule has 0 rings (SSSR count). The van der Waals surface area contributed by atoms with Gasteiger partial charge in [-0.1, -0.05) is 104 Å². The van der Waals surface area contributed by atoms with E-state index in [1.165, 1.54) is 38.5 Å². The van der Waals surface area contributed by atoms with E-state index in [9.17, 15) is 14.7 Å². The average Bonchev–Trinajstić information content (AvgIpc) is 2.66.